The summed E-state index contributed by atoms with van der Waals surface area (Å²) in [5.41, 5.74) is 0. The van der Waals surface area contributed by atoms with E-state index in [9.17, 15) is 39.5 Å². The highest BCUT2D eigenvalue weighted by molar-refractivity contribution is 4.99. The van der Waals surface area contributed by atoms with Gasteiger partial charge in [0.2, 0.25) is 0 Å². The number of nitrogens with one attached hydrogen (secondary N) is 1. The maximum Gasteiger partial charge on any atom is 0.460 e. The maximum absolute atomic E-state index is 13.2. The van der Waals surface area contributed by atoms with Crippen LogP contribution in [-0.2, 0) is 0 Å². The van der Waals surface area contributed by atoms with Crippen molar-refractivity contribution in [1.29, 1.82) is 0 Å². The Morgan fingerprint density at radius 3 is 1.70 bits per heavy atom. The Hall–Kier alpha value is -0.670. The molecule has 0 aliphatic heterocycles. The number of hydrogen-bond acceptors (Lipinski definition) is 1. The summed E-state index contributed by atoms with van der Waals surface area (Å²) in [7, 11) is 0. The van der Waals surface area contributed by atoms with Gasteiger partial charge in [0, 0.05) is 6.54 Å². The van der Waals surface area contributed by atoms with E-state index in [2.05, 4.69) is 0 Å². The first kappa shape index (κ1) is 22.3. The van der Waals surface area contributed by atoms with Crippen molar-refractivity contribution in [3.8, 4) is 0 Å². The van der Waals surface area contributed by atoms with Gasteiger partial charge in [-0.05, 0) is 12.3 Å². The zero-order valence-electron chi connectivity index (χ0n) is 12.7. The van der Waals surface area contributed by atoms with Crippen LogP contribution in [0.1, 0.15) is 46.0 Å². The number of halogens is 9. The van der Waals surface area contributed by atoms with Crippen LogP contribution in [0.5, 0.6) is 0 Å². The second-order valence-electron chi connectivity index (χ2n) is 5.35. The predicted octanol–water partition coefficient (Wildman–Crippen LogP) is 5.61. The van der Waals surface area contributed by atoms with Crippen LogP contribution < -0.4 is 5.32 Å². The minimum Gasteiger partial charge on any atom is -0.253 e. The maximum atomic E-state index is 13.2. The fraction of sp³-hybridized carbons (Fsp3) is 1.00. The van der Waals surface area contributed by atoms with Gasteiger partial charge >= 0.3 is 24.1 Å². The van der Waals surface area contributed by atoms with E-state index in [1.807, 2.05) is 6.92 Å². The van der Waals surface area contributed by atoms with Gasteiger partial charge in [0.15, 0.2) is 0 Å². The summed E-state index contributed by atoms with van der Waals surface area (Å²) in [6.07, 6.45) is -4.01. The van der Waals surface area contributed by atoms with Crippen molar-refractivity contribution in [1.82, 2.24) is 5.32 Å². The molecule has 0 aromatic rings. The Morgan fingerprint density at radius 2 is 1.30 bits per heavy atom. The molecule has 0 bridgehead atoms. The molecule has 23 heavy (non-hydrogen) atoms. The summed E-state index contributed by atoms with van der Waals surface area (Å²) in [6.45, 7) is 2.84. The molecule has 0 spiro atoms. The number of alkyl halides is 9. The highest BCUT2D eigenvalue weighted by Gasteiger charge is 2.81. The molecule has 140 valence electrons. The second kappa shape index (κ2) is 7.94. The minimum atomic E-state index is -6.84. The molecule has 0 saturated carbocycles. The molecular weight excluding hydrogens is 341 g/mol. The first-order chi connectivity index (χ1) is 10.2. The zero-order valence-corrected chi connectivity index (χ0v) is 12.7. The topological polar surface area (TPSA) is 12.0 Å². The monoisotopic (exact) mass is 361 g/mol. The predicted molar refractivity (Wildman–Crippen MR) is 66.8 cm³/mol. The van der Waals surface area contributed by atoms with E-state index in [1.165, 1.54) is 0 Å². The van der Waals surface area contributed by atoms with Crippen LogP contribution in [0.3, 0.4) is 0 Å². The lowest BCUT2D eigenvalue weighted by Gasteiger charge is -2.34. The highest BCUT2D eigenvalue weighted by Crippen LogP contribution is 2.52. The van der Waals surface area contributed by atoms with Crippen LogP contribution in [0.4, 0.5) is 39.5 Å². The Balaban J connectivity index is 4.85. The molecular formula is C13H20F9N. The first-order valence-corrected chi connectivity index (χ1v) is 7.19. The molecule has 1 N–H and O–H groups in total. The summed E-state index contributed by atoms with van der Waals surface area (Å²) in [5, 5.41) is 0.855. The number of unbranched alkanes of at least 4 members (excludes halogenated alkanes) is 1. The van der Waals surface area contributed by atoms with Crippen molar-refractivity contribution in [2.75, 3.05) is 6.54 Å². The second-order valence-corrected chi connectivity index (χ2v) is 5.35. The lowest BCUT2D eigenvalue weighted by molar-refractivity contribution is -0.400. The van der Waals surface area contributed by atoms with Crippen LogP contribution in [0, 0.1) is 5.92 Å². The van der Waals surface area contributed by atoms with Crippen molar-refractivity contribution in [3.63, 3.8) is 0 Å². The molecule has 0 aromatic heterocycles. The van der Waals surface area contributed by atoms with E-state index in [0.717, 1.165) is 18.2 Å². The van der Waals surface area contributed by atoms with E-state index in [0.29, 0.717) is 12.8 Å². The van der Waals surface area contributed by atoms with Gasteiger partial charge in [0.05, 0.1) is 0 Å². The Morgan fingerprint density at radius 1 is 0.783 bits per heavy atom. The van der Waals surface area contributed by atoms with Crippen molar-refractivity contribution in [3.05, 3.63) is 0 Å². The molecule has 0 saturated heterocycles. The molecule has 0 aliphatic carbocycles. The summed E-state index contributed by atoms with van der Waals surface area (Å²) in [5.74, 6) is -13.5. The zero-order chi connectivity index (χ0) is 18.5. The molecule has 10 heteroatoms. The molecule has 0 radical (unpaired) electrons. The normalized spacial score (nSPS) is 15.8. The molecule has 0 heterocycles. The lowest BCUT2D eigenvalue weighted by atomic mass is 9.96. The summed E-state index contributed by atoms with van der Waals surface area (Å²) < 4.78 is 113. The Bertz CT molecular complexity index is 352. The molecule has 0 aromatic carbocycles. The van der Waals surface area contributed by atoms with Crippen molar-refractivity contribution >= 4 is 0 Å². The Kier molecular flexibility index (Phi) is 7.70. The van der Waals surface area contributed by atoms with Crippen molar-refractivity contribution in [2.24, 2.45) is 5.92 Å². The average molecular weight is 361 g/mol. The van der Waals surface area contributed by atoms with E-state index < -0.39 is 30.6 Å². The molecule has 1 unspecified atom stereocenters. The highest BCUT2D eigenvalue weighted by atomic mass is 19.4. The van der Waals surface area contributed by atoms with Crippen LogP contribution in [0.15, 0.2) is 0 Å². The standard InChI is InChI=1S/C13H20F9N/c1-3-5-6-9(4-2)7-8-23-13(21,22)11(16,17)10(14,15)12(18,19)20/h9,23H,3-8H2,1-2H3. The molecule has 1 nitrogen and oxygen atoms in total. The largest absolute Gasteiger partial charge is 0.460 e. The lowest BCUT2D eigenvalue weighted by Crippen LogP contribution is -2.65. The summed E-state index contributed by atoms with van der Waals surface area (Å²) >= 11 is 0. The average Bonchev–Trinajstić information content (AvgIpc) is 2.40. The smallest absolute Gasteiger partial charge is 0.253 e. The van der Waals surface area contributed by atoms with Crippen LogP contribution >= 0.6 is 0 Å². The molecule has 0 fully saturated rings. The summed E-state index contributed by atoms with van der Waals surface area (Å²) in [6, 6.07) is -5.69. The van der Waals surface area contributed by atoms with Gasteiger partial charge < -0.3 is 0 Å². The van der Waals surface area contributed by atoms with E-state index >= 15 is 0 Å². The molecule has 0 amide bonds. The van der Waals surface area contributed by atoms with Gasteiger partial charge in [-0.3, -0.25) is 5.32 Å². The quantitative estimate of drug-likeness (QED) is 0.394. The van der Waals surface area contributed by atoms with Crippen molar-refractivity contribution < 1.29 is 39.5 Å². The van der Waals surface area contributed by atoms with Gasteiger partial charge in [-0.2, -0.15) is 39.5 Å². The third-order valence-corrected chi connectivity index (χ3v) is 3.59. The minimum absolute atomic E-state index is 0.0280. The SMILES string of the molecule is CCCCC(CC)CCNC(F)(F)C(F)(F)C(F)(F)C(F)(F)F. The van der Waals surface area contributed by atoms with E-state index in [4.69, 9.17) is 0 Å². The summed E-state index contributed by atoms with van der Waals surface area (Å²) in [4.78, 5) is 0. The number of rotatable bonds is 10. The molecule has 0 aliphatic rings. The van der Waals surface area contributed by atoms with E-state index in [1.54, 1.807) is 6.92 Å². The molecule has 0 rings (SSSR count). The van der Waals surface area contributed by atoms with Gasteiger partial charge in [0.1, 0.15) is 0 Å². The van der Waals surface area contributed by atoms with Gasteiger partial charge in [-0.1, -0.05) is 39.5 Å². The van der Waals surface area contributed by atoms with Crippen LogP contribution in [0.25, 0.3) is 0 Å². The van der Waals surface area contributed by atoms with Gasteiger partial charge in [-0.15, -0.1) is 0 Å². The third kappa shape index (κ3) is 5.15. The molecule has 1 atom stereocenters. The first-order valence-electron chi connectivity index (χ1n) is 7.19. The van der Waals surface area contributed by atoms with E-state index in [-0.39, 0.29) is 12.3 Å². The van der Waals surface area contributed by atoms with Gasteiger partial charge in [-0.25, -0.2) is 0 Å². The number of hydrogen-bond donors (Lipinski definition) is 1. The fourth-order valence-corrected chi connectivity index (χ4v) is 1.96. The van der Waals surface area contributed by atoms with Crippen LogP contribution in [-0.4, -0.2) is 30.6 Å². The van der Waals surface area contributed by atoms with Gasteiger partial charge in [0.25, 0.3) is 0 Å². The Labute approximate surface area is 128 Å². The fourth-order valence-electron chi connectivity index (χ4n) is 1.96. The van der Waals surface area contributed by atoms with Crippen molar-refractivity contribution in [2.45, 2.75) is 70.0 Å². The third-order valence-electron chi connectivity index (χ3n) is 3.59. The van der Waals surface area contributed by atoms with Crippen LogP contribution in [0.2, 0.25) is 0 Å².